The summed E-state index contributed by atoms with van der Waals surface area (Å²) in [6, 6.07) is 12.0. The molecule has 0 saturated heterocycles. The fraction of sp³-hybridized carbons (Fsp3) is 0.250. The Morgan fingerprint density at radius 3 is 2.35 bits per heavy atom. The lowest BCUT2D eigenvalue weighted by atomic mass is 10.1. The predicted molar refractivity (Wildman–Crippen MR) is 86.2 cm³/mol. The van der Waals surface area contributed by atoms with Crippen molar-refractivity contribution in [1.82, 2.24) is 0 Å². The van der Waals surface area contributed by atoms with Crippen LogP contribution in [-0.4, -0.2) is 21.2 Å². The first-order valence-corrected chi connectivity index (χ1v) is 6.50. The molecule has 0 aliphatic carbocycles. The van der Waals surface area contributed by atoms with Crippen molar-refractivity contribution in [3.63, 3.8) is 0 Å². The maximum Gasteiger partial charge on any atom is 0.143 e. The van der Waals surface area contributed by atoms with Gasteiger partial charge in [-0.15, -0.1) is 0 Å². The summed E-state index contributed by atoms with van der Waals surface area (Å²) in [5, 5.41) is 3.37. The molecule has 0 heterocycles. The zero-order valence-electron chi connectivity index (χ0n) is 12.4. The molecular weight excluding hydrogens is 250 g/mol. The number of hydrogen-bond donors (Lipinski definition) is 2. The van der Waals surface area contributed by atoms with Crippen LogP contribution in [0.1, 0.15) is 5.56 Å². The van der Waals surface area contributed by atoms with Gasteiger partial charge in [0.15, 0.2) is 0 Å². The lowest BCUT2D eigenvalue weighted by Gasteiger charge is -2.18. The van der Waals surface area contributed by atoms with Gasteiger partial charge >= 0.3 is 0 Å². The van der Waals surface area contributed by atoms with E-state index < -0.39 is 0 Å². The first kappa shape index (κ1) is 14.1. The van der Waals surface area contributed by atoms with Crippen molar-refractivity contribution in [2.45, 2.75) is 6.92 Å². The van der Waals surface area contributed by atoms with Gasteiger partial charge in [0.25, 0.3) is 0 Å². The average molecular weight is 271 g/mol. The van der Waals surface area contributed by atoms with Crippen molar-refractivity contribution in [1.29, 1.82) is 0 Å². The quantitative estimate of drug-likeness (QED) is 0.837. The number of nitrogens with one attached hydrogen (secondary N) is 1. The van der Waals surface area contributed by atoms with Gasteiger partial charge in [-0.2, -0.15) is 0 Å². The number of rotatable bonds is 4. The standard InChI is InChI=1S/C16H21N3O/c1-11-5-6-12(9-15(11)19(2)3)18-13-7-8-14(17)16(10-13)20-4/h5-10,18H,17H2,1-4H3. The number of nitrogens with zero attached hydrogens (tertiary/aromatic N) is 1. The van der Waals surface area contributed by atoms with E-state index in [-0.39, 0.29) is 0 Å². The van der Waals surface area contributed by atoms with E-state index in [1.165, 1.54) is 11.3 Å². The minimum atomic E-state index is 0.635. The van der Waals surface area contributed by atoms with Gasteiger partial charge in [-0.05, 0) is 36.8 Å². The molecule has 106 valence electrons. The van der Waals surface area contributed by atoms with E-state index in [2.05, 4.69) is 35.3 Å². The van der Waals surface area contributed by atoms with E-state index in [1.807, 2.05) is 32.3 Å². The van der Waals surface area contributed by atoms with Gasteiger partial charge in [0.1, 0.15) is 5.75 Å². The van der Waals surface area contributed by atoms with Crippen LogP contribution in [0.5, 0.6) is 5.75 Å². The SMILES string of the molecule is COc1cc(Nc2ccc(C)c(N(C)C)c2)ccc1N. The minimum absolute atomic E-state index is 0.635. The van der Waals surface area contributed by atoms with Crippen molar-refractivity contribution in [3.8, 4) is 5.75 Å². The molecule has 0 unspecified atom stereocenters. The molecular formula is C16H21N3O. The van der Waals surface area contributed by atoms with Crippen LogP contribution in [0, 0.1) is 6.92 Å². The van der Waals surface area contributed by atoms with Gasteiger partial charge in [-0.3, -0.25) is 0 Å². The highest BCUT2D eigenvalue weighted by Crippen LogP contribution is 2.29. The van der Waals surface area contributed by atoms with Crippen molar-refractivity contribution in [3.05, 3.63) is 42.0 Å². The molecule has 2 aromatic rings. The molecule has 20 heavy (non-hydrogen) atoms. The number of nitrogen functional groups attached to an aromatic ring is 1. The van der Waals surface area contributed by atoms with Crippen LogP contribution in [0.3, 0.4) is 0 Å². The maximum absolute atomic E-state index is 5.82. The van der Waals surface area contributed by atoms with E-state index in [0.717, 1.165) is 11.4 Å². The van der Waals surface area contributed by atoms with Crippen molar-refractivity contribution in [2.24, 2.45) is 0 Å². The second-order valence-electron chi connectivity index (χ2n) is 4.98. The molecule has 2 rings (SSSR count). The lowest BCUT2D eigenvalue weighted by Crippen LogP contribution is -2.10. The molecule has 0 amide bonds. The molecule has 3 N–H and O–H groups in total. The fourth-order valence-electron chi connectivity index (χ4n) is 2.12. The number of ether oxygens (including phenoxy) is 1. The molecule has 0 bridgehead atoms. The van der Waals surface area contributed by atoms with E-state index in [4.69, 9.17) is 10.5 Å². The molecule has 0 aromatic heterocycles. The molecule has 0 aliphatic rings. The molecule has 0 spiro atoms. The summed E-state index contributed by atoms with van der Waals surface area (Å²) in [7, 11) is 5.70. The Labute approximate surface area is 120 Å². The van der Waals surface area contributed by atoms with Crippen LogP contribution in [0.2, 0.25) is 0 Å². The molecule has 4 nitrogen and oxygen atoms in total. The molecule has 0 atom stereocenters. The summed E-state index contributed by atoms with van der Waals surface area (Å²) < 4.78 is 5.23. The molecule has 0 radical (unpaired) electrons. The Hall–Kier alpha value is -2.36. The summed E-state index contributed by atoms with van der Waals surface area (Å²) >= 11 is 0. The first-order valence-electron chi connectivity index (χ1n) is 6.50. The number of anilines is 4. The van der Waals surface area contributed by atoms with E-state index in [1.54, 1.807) is 7.11 Å². The number of benzene rings is 2. The third kappa shape index (κ3) is 2.96. The summed E-state index contributed by atoms with van der Waals surface area (Å²) in [5.41, 5.74) is 10.9. The van der Waals surface area contributed by atoms with Gasteiger partial charge in [-0.25, -0.2) is 0 Å². The number of aryl methyl sites for hydroxylation is 1. The van der Waals surface area contributed by atoms with E-state index >= 15 is 0 Å². The normalized spacial score (nSPS) is 10.2. The first-order chi connectivity index (χ1) is 9.51. The maximum atomic E-state index is 5.82. The molecule has 2 aromatic carbocycles. The van der Waals surface area contributed by atoms with Gasteiger partial charge in [0, 0.05) is 37.2 Å². The number of hydrogen-bond acceptors (Lipinski definition) is 4. The summed E-state index contributed by atoms with van der Waals surface area (Å²) in [6.45, 7) is 2.10. The molecule has 0 fully saturated rings. The number of nitrogens with two attached hydrogens (primary N) is 1. The Bertz CT molecular complexity index is 609. The van der Waals surface area contributed by atoms with Crippen LogP contribution < -0.4 is 20.7 Å². The lowest BCUT2D eigenvalue weighted by molar-refractivity contribution is 0.417. The van der Waals surface area contributed by atoms with Crippen LogP contribution in [0.4, 0.5) is 22.7 Å². The van der Waals surface area contributed by atoms with Crippen LogP contribution in [0.15, 0.2) is 36.4 Å². The van der Waals surface area contributed by atoms with Crippen molar-refractivity contribution < 1.29 is 4.74 Å². The highest BCUT2D eigenvalue weighted by Gasteiger charge is 2.04. The number of methoxy groups -OCH3 is 1. The highest BCUT2D eigenvalue weighted by molar-refractivity contribution is 5.70. The Balaban J connectivity index is 2.28. The fourth-order valence-corrected chi connectivity index (χ4v) is 2.12. The van der Waals surface area contributed by atoms with Crippen LogP contribution in [0.25, 0.3) is 0 Å². The van der Waals surface area contributed by atoms with E-state index in [9.17, 15) is 0 Å². The Morgan fingerprint density at radius 2 is 1.70 bits per heavy atom. The topological polar surface area (TPSA) is 50.5 Å². The average Bonchev–Trinajstić information content (AvgIpc) is 2.42. The third-order valence-corrected chi connectivity index (χ3v) is 3.21. The van der Waals surface area contributed by atoms with Gasteiger partial charge in [0.2, 0.25) is 0 Å². The third-order valence-electron chi connectivity index (χ3n) is 3.21. The minimum Gasteiger partial charge on any atom is -0.495 e. The zero-order valence-corrected chi connectivity index (χ0v) is 12.4. The predicted octanol–water partition coefficient (Wildman–Crippen LogP) is 3.40. The van der Waals surface area contributed by atoms with Crippen LogP contribution >= 0.6 is 0 Å². The highest BCUT2D eigenvalue weighted by atomic mass is 16.5. The molecule has 4 heteroatoms. The van der Waals surface area contributed by atoms with Gasteiger partial charge < -0.3 is 20.7 Å². The molecule has 0 saturated carbocycles. The van der Waals surface area contributed by atoms with Gasteiger partial charge in [-0.1, -0.05) is 6.07 Å². The largest absolute Gasteiger partial charge is 0.495 e. The van der Waals surface area contributed by atoms with Crippen LogP contribution in [-0.2, 0) is 0 Å². The molecule has 0 aliphatic heterocycles. The monoisotopic (exact) mass is 271 g/mol. The van der Waals surface area contributed by atoms with E-state index in [0.29, 0.717) is 11.4 Å². The zero-order chi connectivity index (χ0) is 14.7. The summed E-state index contributed by atoms with van der Waals surface area (Å²) in [6.07, 6.45) is 0. The second-order valence-corrected chi connectivity index (χ2v) is 4.98. The second kappa shape index (κ2) is 5.74. The Kier molecular flexibility index (Phi) is 4.03. The van der Waals surface area contributed by atoms with Crippen molar-refractivity contribution >= 4 is 22.7 Å². The van der Waals surface area contributed by atoms with Gasteiger partial charge in [0.05, 0.1) is 12.8 Å². The Morgan fingerprint density at radius 1 is 1.05 bits per heavy atom. The van der Waals surface area contributed by atoms with Crippen molar-refractivity contribution in [2.75, 3.05) is 37.2 Å². The summed E-state index contributed by atoms with van der Waals surface area (Å²) in [4.78, 5) is 2.10. The summed E-state index contributed by atoms with van der Waals surface area (Å²) in [5.74, 6) is 0.676. The smallest absolute Gasteiger partial charge is 0.143 e.